The van der Waals surface area contributed by atoms with Gasteiger partial charge in [-0.2, -0.15) is 0 Å². The van der Waals surface area contributed by atoms with Crippen LogP contribution in [0.1, 0.15) is 12.1 Å². The van der Waals surface area contributed by atoms with Crippen molar-refractivity contribution in [2.75, 3.05) is 11.9 Å². The Hall–Kier alpha value is -1.36. The highest BCUT2D eigenvalue weighted by atomic mass is 35.5. The Labute approximate surface area is 86.7 Å². The molecule has 3 N–H and O–H groups in total. The Balaban J connectivity index is 2.54. The minimum absolute atomic E-state index is 0.187. The number of nitrogens with two attached hydrogens (primary N) is 1. The summed E-state index contributed by atoms with van der Waals surface area (Å²) in [5.74, 6) is 0.248. The minimum atomic E-state index is -0.352. The SMILES string of the molecule is Cc1cc(NCCC(N)=O)nc(Cl)n1. The third-order valence-electron chi connectivity index (χ3n) is 1.50. The van der Waals surface area contributed by atoms with Crippen LogP contribution >= 0.6 is 11.6 Å². The molecule has 0 aliphatic heterocycles. The summed E-state index contributed by atoms with van der Waals surface area (Å²) in [6.07, 6.45) is 0.265. The first kappa shape index (κ1) is 10.7. The second-order valence-electron chi connectivity index (χ2n) is 2.81. The van der Waals surface area contributed by atoms with Crippen molar-refractivity contribution in [2.24, 2.45) is 5.73 Å². The summed E-state index contributed by atoms with van der Waals surface area (Å²) in [4.78, 5) is 18.3. The topological polar surface area (TPSA) is 80.9 Å². The van der Waals surface area contributed by atoms with Gasteiger partial charge < -0.3 is 11.1 Å². The van der Waals surface area contributed by atoms with Crippen LogP contribution in [-0.4, -0.2) is 22.4 Å². The number of amides is 1. The molecule has 0 aliphatic carbocycles. The molecule has 1 amide bonds. The molecule has 1 heterocycles. The van der Waals surface area contributed by atoms with Crippen molar-refractivity contribution in [1.82, 2.24) is 9.97 Å². The van der Waals surface area contributed by atoms with E-state index < -0.39 is 0 Å². The first-order valence-corrected chi connectivity index (χ1v) is 4.49. The molecular weight excluding hydrogens is 204 g/mol. The van der Waals surface area contributed by atoms with Crippen LogP contribution in [0.5, 0.6) is 0 Å². The van der Waals surface area contributed by atoms with E-state index in [9.17, 15) is 4.79 Å². The Morgan fingerprint density at radius 2 is 2.36 bits per heavy atom. The summed E-state index contributed by atoms with van der Waals surface area (Å²) in [7, 11) is 0. The lowest BCUT2D eigenvalue weighted by Gasteiger charge is -2.04. The van der Waals surface area contributed by atoms with Gasteiger partial charge in [-0.1, -0.05) is 0 Å². The molecule has 0 atom stereocenters. The number of primary amides is 1. The number of nitrogens with one attached hydrogen (secondary N) is 1. The number of nitrogens with zero attached hydrogens (tertiary/aromatic N) is 2. The molecule has 0 saturated carbocycles. The molecule has 14 heavy (non-hydrogen) atoms. The van der Waals surface area contributed by atoms with E-state index in [1.54, 1.807) is 6.07 Å². The Bertz CT molecular complexity index is 322. The lowest BCUT2D eigenvalue weighted by molar-refractivity contribution is -0.117. The number of hydrogen-bond donors (Lipinski definition) is 2. The maximum atomic E-state index is 10.4. The number of hydrogen-bond acceptors (Lipinski definition) is 4. The average Bonchev–Trinajstić information content (AvgIpc) is 2.01. The predicted molar refractivity (Wildman–Crippen MR) is 54.1 cm³/mol. The van der Waals surface area contributed by atoms with Crippen molar-refractivity contribution in [3.05, 3.63) is 17.0 Å². The molecule has 0 saturated heterocycles. The fourth-order valence-corrected chi connectivity index (χ4v) is 1.16. The maximum absolute atomic E-state index is 10.4. The van der Waals surface area contributed by atoms with Gasteiger partial charge in [-0.3, -0.25) is 4.79 Å². The molecule has 0 unspecified atom stereocenters. The molecule has 0 aromatic carbocycles. The Morgan fingerprint density at radius 3 is 2.93 bits per heavy atom. The molecule has 76 valence electrons. The van der Waals surface area contributed by atoms with E-state index in [4.69, 9.17) is 17.3 Å². The summed E-state index contributed by atoms with van der Waals surface area (Å²) in [5.41, 5.74) is 5.75. The van der Waals surface area contributed by atoms with Crippen LogP contribution in [-0.2, 0) is 4.79 Å². The number of anilines is 1. The third kappa shape index (κ3) is 3.57. The van der Waals surface area contributed by atoms with Gasteiger partial charge in [-0.15, -0.1) is 0 Å². The molecule has 0 spiro atoms. The van der Waals surface area contributed by atoms with Crippen molar-refractivity contribution in [2.45, 2.75) is 13.3 Å². The van der Waals surface area contributed by atoms with Gasteiger partial charge >= 0.3 is 0 Å². The first-order valence-electron chi connectivity index (χ1n) is 4.11. The number of halogens is 1. The molecule has 1 rings (SSSR count). The Kier molecular flexibility index (Phi) is 3.64. The normalized spacial score (nSPS) is 9.86. The van der Waals surface area contributed by atoms with Gasteiger partial charge in [-0.05, 0) is 18.5 Å². The zero-order chi connectivity index (χ0) is 10.6. The van der Waals surface area contributed by atoms with Crippen LogP contribution in [0.15, 0.2) is 6.07 Å². The lowest BCUT2D eigenvalue weighted by atomic mass is 10.4. The van der Waals surface area contributed by atoms with Gasteiger partial charge in [0.05, 0.1) is 0 Å². The zero-order valence-corrected chi connectivity index (χ0v) is 8.51. The fraction of sp³-hybridized carbons (Fsp3) is 0.375. The highest BCUT2D eigenvalue weighted by molar-refractivity contribution is 6.28. The molecule has 0 radical (unpaired) electrons. The number of carbonyl (C=O) groups is 1. The van der Waals surface area contributed by atoms with Gasteiger partial charge in [0.2, 0.25) is 11.2 Å². The van der Waals surface area contributed by atoms with E-state index in [0.29, 0.717) is 12.4 Å². The summed E-state index contributed by atoms with van der Waals surface area (Å²) >= 11 is 5.64. The van der Waals surface area contributed by atoms with E-state index in [0.717, 1.165) is 5.69 Å². The van der Waals surface area contributed by atoms with Gasteiger partial charge in [0.15, 0.2) is 0 Å². The summed E-state index contributed by atoms with van der Waals surface area (Å²) in [6, 6.07) is 1.74. The number of carbonyl (C=O) groups excluding carboxylic acids is 1. The van der Waals surface area contributed by atoms with Crippen molar-refractivity contribution in [1.29, 1.82) is 0 Å². The summed E-state index contributed by atoms with van der Waals surface area (Å²) in [5, 5.41) is 3.11. The third-order valence-corrected chi connectivity index (χ3v) is 1.67. The van der Waals surface area contributed by atoms with Gasteiger partial charge in [-0.25, -0.2) is 9.97 Å². The lowest BCUT2D eigenvalue weighted by Crippen LogP contribution is -2.16. The van der Waals surface area contributed by atoms with E-state index in [1.807, 2.05) is 6.92 Å². The standard InChI is InChI=1S/C8H11ClN4O/c1-5-4-7(13-8(9)12-5)11-3-2-6(10)14/h4H,2-3H2,1H3,(H2,10,14)(H,11,12,13). The van der Waals surface area contributed by atoms with Crippen LogP contribution in [0.25, 0.3) is 0 Å². The van der Waals surface area contributed by atoms with E-state index in [1.165, 1.54) is 0 Å². The molecule has 0 fully saturated rings. The quantitative estimate of drug-likeness (QED) is 0.724. The maximum Gasteiger partial charge on any atom is 0.224 e. The fourth-order valence-electron chi connectivity index (χ4n) is 0.937. The molecule has 5 nitrogen and oxygen atoms in total. The highest BCUT2D eigenvalue weighted by Crippen LogP contribution is 2.09. The summed E-state index contributed by atoms with van der Waals surface area (Å²) < 4.78 is 0. The molecule has 1 aromatic heterocycles. The van der Waals surface area contributed by atoms with E-state index in [-0.39, 0.29) is 17.6 Å². The van der Waals surface area contributed by atoms with E-state index in [2.05, 4.69) is 15.3 Å². The van der Waals surface area contributed by atoms with Gasteiger partial charge in [0.1, 0.15) is 5.82 Å². The molecule has 1 aromatic rings. The molecule has 0 bridgehead atoms. The second-order valence-corrected chi connectivity index (χ2v) is 3.14. The van der Waals surface area contributed by atoms with Crippen LogP contribution in [0.3, 0.4) is 0 Å². The van der Waals surface area contributed by atoms with E-state index >= 15 is 0 Å². The average molecular weight is 215 g/mol. The summed E-state index contributed by atoms with van der Waals surface area (Å²) in [6.45, 7) is 2.26. The Morgan fingerprint density at radius 1 is 1.64 bits per heavy atom. The minimum Gasteiger partial charge on any atom is -0.370 e. The number of aryl methyl sites for hydroxylation is 1. The smallest absolute Gasteiger partial charge is 0.224 e. The molecular formula is C8H11ClN4O. The number of aromatic nitrogens is 2. The highest BCUT2D eigenvalue weighted by Gasteiger charge is 1.99. The monoisotopic (exact) mass is 214 g/mol. The van der Waals surface area contributed by atoms with Crippen molar-refractivity contribution >= 4 is 23.3 Å². The van der Waals surface area contributed by atoms with Gasteiger partial charge in [0.25, 0.3) is 0 Å². The largest absolute Gasteiger partial charge is 0.370 e. The first-order chi connectivity index (χ1) is 6.58. The van der Waals surface area contributed by atoms with Crippen LogP contribution in [0, 0.1) is 6.92 Å². The predicted octanol–water partition coefficient (Wildman–Crippen LogP) is 0.726. The van der Waals surface area contributed by atoms with Crippen molar-refractivity contribution in [3.63, 3.8) is 0 Å². The van der Waals surface area contributed by atoms with Gasteiger partial charge in [0, 0.05) is 24.7 Å². The zero-order valence-electron chi connectivity index (χ0n) is 7.75. The molecule has 0 aliphatic rings. The van der Waals surface area contributed by atoms with Crippen molar-refractivity contribution < 1.29 is 4.79 Å². The molecule has 6 heteroatoms. The van der Waals surface area contributed by atoms with Crippen LogP contribution in [0.2, 0.25) is 5.28 Å². The van der Waals surface area contributed by atoms with Crippen LogP contribution < -0.4 is 11.1 Å². The van der Waals surface area contributed by atoms with Crippen molar-refractivity contribution in [3.8, 4) is 0 Å². The number of rotatable bonds is 4. The second kappa shape index (κ2) is 4.76. The van der Waals surface area contributed by atoms with Crippen LogP contribution in [0.4, 0.5) is 5.82 Å².